The molecule has 0 aliphatic rings. The molecule has 17 heavy (non-hydrogen) atoms. The van der Waals surface area contributed by atoms with Gasteiger partial charge in [0.1, 0.15) is 0 Å². The minimum Gasteiger partial charge on any atom is -0.477 e. The van der Waals surface area contributed by atoms with Crippen LogP contribution in [0, 0.1) is 0 Å². The van der Waals surface area contributed by atoms with Gasteiger partial charge < -0.3 is 10.2 Å². The number of rotatable bonds is 3. The van der Waals surface area contributed by atoms with Crippen LogP contribution >= 0.6 is 0 Å². The molecule has 0 unspecified atom stereocenters. The number of hydrogen-bond donors (Lipinski definition) is 1. The fraction of sp³-hybridized carbons (Fsp3) is 0.333. The minimum atomic E-state index is 0.597. The van der Waals surface area contributed by atoms with Crippen LogP contribution in [0.5, 0.6) is 5.88 Å². The first-order valence-corrected chi connectivity index (χ1v) is 5.57. The van der Waals surface area contributed by atoms with Gasteiger partial charge in [-0.25, -0.2) is 4.68 Å². The van der Waals surface area contributed by atoms with Crippen molar-refractivity contribution >= 4 is 10.8 Å². The largest absolute Gasteiger partial charge is 0.477 e. The van der Waals surface area contributed by atoms with Crippen LogP contribution in [0.1, 0.15) is 6.92 Å². The maximum atomic E-state index is 5.54. The van der Waals surface area contributed by atoms with Crippen LogP contribution in [0.3, 0.4) is 0 Å². The summed E-state index contributed by atoms with van der Waals surface area (Å²) in [4.78, 5) is 0. The van der Waals surface area contributed by atoms with E-state index in [1.165, 1.54) is 0 Å². The molecule has 90 valence electrons. The Balaban J connectivity index is 2.82. The quantitative estimate of drug-likeness (QED) is 0.803. The molecule has 0 saturated carbocycles. The van der Waals surface area contributed by atoms with Gasteiger partial charge in [-0.15, -0.1) is 5.10 Å². The van der Waals surface area contributed by atoms with E-state index in [1.807, 2.05) is 38.2 Å². The monoisotopic (exact) mass is 232 g/mol. The molecule has 2 rings (SSSR count). The summed E-state index contributed by atoms with van der Waals surface area (Å²) in [6, 6.07) is 7.94. The zero-order valence-corrected chi connectivity index (χ0v) is 10.3. The average Bonchev–Trinajstić information content (AvgIpc) is 2.34. The Morgan fingerprint density at radius 3 is 2.71 bits per heavy atom. The van der Waals surface area contributed by atoms with Crippen molar-refractivity contribution in [1.29, 1.82) is 0 Å². The van der Waals surface area contributed by atoms with Gasteiger partial charge in [0.25, 0.3) is 0 Å². The molecular formula is C12H16N4O. The van der Waals surface area contributed by atoms with Gasteiger partial charge in [-0.1, -0.05) is 18.2 Å². The maximum Gasteiger partial charge on any atom is 0.239 e. The average molecular weight is 232 g/mol. The molecule has 0 amide bonds. The lowest BCUT2D eigenvalue weighted by Crippen LogP contribution is -2.24. The van der Waals surface area contributed by atoms with Crippen molar-refractivity contribution in [2.75, 3.05) is 13.7 Å². The Labute approximate surface area is 99.7 Å². The second kappa shape index (κ2) is 4.86. The molecule has 0 radical (unpaired) electrons. The maximum absolute atomic E-state index is 5.54. The van der Waals surface area contributed by atoms with Crippen LogP contribution in [0.4, 0.5) is 0 Å². The molecule has 0 aliphatic carbocycles. The van der Waals surface area contributed by atoms with Crippen LogP contribution in [0.25, 0.3) is 10.8 Å². The fourth-order valence-corrected chi connectivity index (χ4v) is 1.76. The number of nitrogens with one attached hydrogen (secondary N) is 1. The van der Waals surface area contributed by atoms with Crippen LogP contribution in [-0.4, -0.2) is 23.4 Å². The van der Waals surface area contributed by atoms with Crippen LogP contribution in [-0.2, 0) is 7.05 Å². The summed E-state index contributed by atoms with van der Waals surface area (Å²) in [5.74, 6) is 0.639. The summed E-state index contributed by atoms with van der Waals surface area (Å²) >= 11 is 0. The number of aromatic nitrogens is 2. The Kier molecular flexibility index (Phi) is 3.27. The summed E-state index contributed by atoms with van der Waals surface area (Å²) in [6.45, 7) is 2.54. The Morgan fingerprint density at radius 2 is 2.06 bits per heavy atom. The summed E-state index contributed by atoms with van der Waals surface area (Å²) in [5, 5.41) is 10.6. The number of ether oxygens (including phenoxy) is 1. The van der Waals surface area contributed by atoms with Gasteiger partial charge in [0.15, 0.2) is 5.49 Å². The molecule has 2 aromatic rings. The van der Waals surface area contributed by atoms with E-state index in [1.54, 1.807) is 11.7 Å². The second-order valence-corrected chi connectivity index (χ2v) is 3.57. The van der Waals surface area contributed by atoms with Crippen molar-refractivity contribution in [3.05, 3.63) is 29.8 Å². The number of nitrogens with zero attached hydrogens (tertiary/aromatic N) is 3. The molecule has 0 spiro atoms. The molecule has 5 nitrogen and oxygen atoms in total. The van der Waals surface area contributed by atoms with E-state index >= 15 is 0 Å². The van der Waals surface area contributed by atoms with Crippen molar-refractivity contribution in [2.24, 2.45) is 12.1 Å². The van der Waals surface area contributed by atoms with E-state index in [0.717, 1.165) is 16.3 Å². The second-order valence-electron chi connectivity index (χ2n) is 3.57. The number of aryl methyl sites for hydroxylation is 1. The molecule has 5 heteroatoms. The van der Waals surface area contributed by atoms with Crippen LogP contribution in [0.15, 0.2) is 29.4 Å². The van der Waals surface area contributed by atoms with E-state index in [-0.39, 0.29) is 0 Å². The van der Waals surface area contributed by atoms with Crippen molar-refractivity contribution in [1.82, 2.24) is 15.2 Å². The van der Waals surface area contributed by atoms with E-state index in [9.17, 15) is 0 Å². The highest BCUT2D eigenvalue weighted by Gasteiger charge is 2.07. The number of hydrogen-bond acceptors (Lipinski definition) is 4. The Bertz CT molecular complexity index is 589. The van der Waals surface area contributed by atoms with Gasteiger partial charge in [-0.05, 0) is 13.0 Å². The highest BCUT2D eigenvalue weighted by atomic mass is 16.5. The Morgan fingerprint density at radius 1 is 1.35 bits per heavy atom. The third-order valence-electron chi connectivity index (χ3n) is 2.44. The van der Waals surface area contributed by atoms with Crippen LogP contribution < -0.4 is 15.7 Å². The molecule has 1 aromatic heterocycles. The summed E-state index contributed by atoms with van der Waals surface area (Å²) < 4.78 is 7.25. The zero-order chi connectivity index (χ0) is 12.3. The zero-order valence-electron chi connectivity index (χ0n) is 10.3. The predicted octanol–water partition coefficient (Wildman–Crippen LogP) is 1.01. The SMILES string of the molecule is CCOc1nn(C)/c(=N\NC)c2ccccc12. The van der Waals surface area contributed by atoms with Crippen molar-refractivity contribution in [3.63, 3.8) is 0 Å². The molecule has 1 aromatic carbocycles. The number of benzene rings is 1. The van der Waals surface area contributed by atoms with E-state index in [2.05, 4.69) is 15.6 Å². The van der Waals surface area contributed by atoms with E-state index in [4.69, 9.17) is 4.74 Å². The van der Waals surface area contributed by atoms with Gasteiger partial charge in [-0.3, -0.25) is 0 Å². The predicted molar refractivity (Wildman–Crippen MR) is 66.5 cm³/mol. The van der Waals surface area contributed by atoms with Crippen molar-refractivity contribution < 1.29 is 4.74 Å². The van der Waals surface area contributed by atoms with Gasteiger partial charge in [0.2, 0.25) is 5.88 Å². The minimum absolute atomic E-state index is 0.597. The van der Waals surface area contributed by atoms with Gasteiger partial charge in [-0.2, -0.15) is 5.10 Å². The molecule has 0 atom stereocenters. The summed E-state index contributed by atoms with van der Waals surface area (Å²) in [5.41, 5.74) is 3.58. The fourth-order valence-electron chi connectivity index (χ4n) is 1.76. The third-order valence-corrected chi connectivity index (χ3v) is 2.44. The molecule has 0 aliphatic heterocycles. The number of fused-ring (bicyclic) bond motifs is 1. The first kappa shape index (κ1) is 11.4. The lowest BCUT2D eigenvalue weighted by Gasteiger charge is -2.09. The normalized spacial score (nSPS) is 11.8. The molecule has 0 fully saturated rings. The van der Waals surface area contributed by atoms with Gasteiger partial charge in [0.05, 0.1) is 6.61 Å². The van der Waals surface area contributed by atoms with Gasteiger partial charge >= 0.3 is 0 Å². The topological polar surface area (TPSA) is 51.4 Å². The van der Waals surface area contributed by atoms with Crippen molar-refractivity contribution in [3.8, 4) is 5.88 Å². The van der Waals surface area contributed by atoms with Gasteiger partial charge in [0, 0.05) is 24.9 Å². The summed E-state index contributed by atoms with van der Waals surface area (Å²) in [6.07, 6.45) is 0. The summed E-state index contributed by atoms with van der Waals surface area (Å²) in [7, 11) is 3.62. The van der Waals surface area contributed by atoms with Crippen molar-refractivity contribution in [2.45, 2.75) is 6.92 Å². The first-order chi connectivity index (χ1) is 8.27. The Hall–Kier alpha value is -2.04. The molecule has 1 heterocycles. The lowest BCUT2D eigenvalue weighted by atomic mass is 10.2. The standard InChI is InChI=1S/C12H16N4O/c1-4-17-12-10-8-6-5-7-9(10)11(14-13-2)16(3)15-12/h5-8,13H,4H2,1-3H3/b14-11-. The molecule has 0 saturated heterocycles. The third kappa shape index (κ3) is 2.08. The van der Waals surface area contributed by atoms with E-state index < -0.39 is 0 Å². The molecular weight excluding hydrogens is 216 g/mol. The highest BCUT2D eigenvalue weighted by Crippen LogP contribution is 2.19. The molecule has 0 bridgehead atoms. The highest BCUT2D eigenvalue weighted by molar-refractivity contribution is 5.85. The van der Waals surface area contributed by atoms with E-state index in [0.29, 0.717) is 12.5 Å². The molecule has 1 N–H and O–H groups in total. The smallest absolute Gasteiger partial charge is 0.239 e. The first-order valence-electron chi connectivity index (χ1n) is 5.57. The lowest BCUT2D eigenvalue weighted by molar-refractivity contribution is 0.321. The van der Waals surface area contributed by atoms with Crippen LogP contribution in [0.2, 0.25) is 0 Å².